The van der Waals surface area contributed by atoms with E-state index in [1.165, 1.54) is 6.33 Å². The molecule has 0 atom stereocenters. The van der Waals surface area contributed by atoms with E-state index in [-0.39, 0.29) is 17.5 Å². The lowest BCUT2D eigenvalue weighted by molar-refractivity contribution is 0.0708. The van der Waals surface area contributed by atoms with Crippen molar-refractivity contribution < 1.29 is 4.79 Å². The van der Waals surface area contributed by atoms with Gasteiger partial charge in [0.15, 0.2) is 0 Å². The molecule has 0 radical (unpaired) electrons. The quantitative estimate of drug-likeness (QED) is 0.746. The third-order valence-corrected chi connectivity index (χ3v) is 5.26. The van der Waals surface area contributed by atoms with E-state index in [4.69, 9.17) is 0 Å². The average molecular weight is 378 g/mol. The lowest BCUT2D eigenvalue weighted by Crippen LogP contribution is -2.39. The molecule has 8 nitrogen and oxygen atoms in total. The van der Waals surface area contributed by atoms with Crippen LogP contribution in [0, 0.1) is 6.92 Å². The number of carbonyl (C=O) groups excluding carboxylic acids is 1. The van der Waals surface area contributed by atoms with Crippen LogP contribution in [0.1, 0.15) is 46.2 Å². The Balaban J connectivity index is 1.47. The lowest BCUT2D eigenvalue weighted by atomic mass is 9.95. The molecule has 1 amide bonds. The highest BCUT2D eigenvalue weighted by atomic mass is 16.2. The van der Waals surface area contributed by atoms with Crippen LogP contribution < -0.4 is 5.69 Å². The summed E-state index contributed by atoms with van der Waals surface area (Å²) in [5.74, 6) is 0.861. The van der Waals surface area contributed by atoms with Crippen molar-refractivity contribution in [3.05, 3.63) is 76.0 Å². The topological polar surface area (TPSA) is 96.8 Å². The highest BCUT2D eigenvalue weighted by Gasteiger charge is 2.28. The number of rotatable bonds is 4. The number of nitrogens with one attached hydrogen (secondary N) is 1. The fraction of sp³-hybridized carbons (Fsp3) is 0.350. The Morgan fingerprint density at radius 2 is 1.96 bits per heavy atom. The second-order valence-electron chi connectivity index (χ2n) is 7.05. The molecule has 1 N–H and O–H groups in total. The Bertz CT molecular complexity index is 1020. The molecule has 1 aliphatic heterocycles. The molecule has 3 heterocycles. The minimum atomic E-state index is -0.200. The Morgan fingerprint density at radius 1 is 1.21 bits per heavy atom. The van der Waals surface area contributed by atoms with Gasteiger partial charge in [0.25, 0.3) is 5.91 Å². The molecule has 1 saturated heterocycles. The van der Waals surface area contributed by atoms with Crippen LogP contribution in [-0.4, -0.2) is 48.6 Å². The smallest absolute Gasteiger partial charge is 0.338 e. The van der Waals surface area contributed by atoms with E-state index in [0.29, 0.717) is 30.9 Å². The summed E-state index contributed by atoms with van der Waals surface area (Å²) in [6, 6.07) is 9.86. The number of nitrogens with zero attached hydrogens (tertiary/aromatic N) is 5. The van der Waals surface area contributed by atoms with E-state index in [9.17, 15) is 9.59 Å². The van der Waals surface area contributed by atoms with Crippen molar-refractivity contribution in [3.63, 3.8) is 0 Å². The highest BCUT2D eigenvalue weighted by Crippen LogP contribution is 2.27. The van der Waals surface area contributed by atoms with E-state index in [1.54, 1.807) is 10.8 Å². The number of amides is 1. The summed E-state index contributed by atoms with van der Waals surface area (Å²) in [5, 5.41) is 6.86. The molecular weight excluding hydrogens is 356 g/mol. The van der Waals surface area contributed by atoms with Gasteiger partial charge in [0, 0.05) is 25.2 Å². The first-order chi connectivity index (χ1) is 13.6. The minimum absolute atomic E-state index is 0.0414. The van der Waals surface area contributed by atoms with Gasteiger partial charge >= 0.3 is 5.69 Å². The summed E-state index contributed by atoms with van der Waals surface area (Å²) < 4.78 is 1.70. The van der Waals surface area contributed by atoms with Crippen molar-refractivity contribution in [3.8, 4) is 0 Å². The molecule has 0 unspecified atom stereocenters. The number of piperidine rings is 1. The summed E-state index contributed by atoms with van der Waals surface area (Å²) in [6.45, 7) is 3.54. The van der Waals surface area contributed by atoms with E-state index in [1.807, 2.05) is 42.2 Å². The Hall–Kier alpha value is -3.29. The SMILES string of the molecule is Cc1ncncc1C(=O)N1CCC(c2n[nH]c(=O)n2Cc2ccccc2)CC1. The zero-order valence-electron chi connectivity index (χ0n) is 15.7. The molecule has 1 aromatic carbocycles. The fourth-order valence-corrected chi connectivity index (χ4v) is 3.67. The molecule has 28 heavy (non-hydrogen) atoms. The van der Waals surface area contributed by atoms with Crippen LogP contribution in [0.15, 0.2) is 47.7 Å². The summed E-state index contributed by atoms with van der Waals surface area (Å²) in [5.41, 5.74) is 2.08. The van der Waals surface area contributed by atoms with E-state index < -0.39 is 0 Å². The maximum absolute atomic E-state index is 12.7. The van der Waals surface area contributed by atoms with Crippen LogP contribution in [0.4, 0.5) is 0 Å². The number of benzene rings is 1. The minimum Gasteiger partial charge on any atom is -0.338 e. The number of aromatic nitrogens is 5. The predicted octanol–water partition coefficient (Wildman–Crippen LogP) is 1.74. The number of hydrogen-bond donors (Lipinski definition) is 1. The van der Waals surface area contributed by atoms with Gasteiger partial charge in [0.2, 0.25) is 0 Å². The molecule has 2 aromatic heterocycles. The van der Waals surface area contributed by atoms with Gasteiger partial charge in [0.1, 0.15) is 12.2 Å². The van der Waals surface area contributed by atoms with Crippen molar-refractivity contribution in [1.29, 1.82) is 0 Å². The zero-order chi connectivity index (χ0) is 19.5. The third kappa shape index (κ3) is 3.58. The second kappa shape index (κ2) is 7.75. The van der Waals surface area contributed by atoms with Crippen LogP contribution in [-0.2, 0) is 6.54 Å². The first-order valence-electron chi connectivity index (χ1n) is 9.38. The van der Waals surface area contributed by atoms with Gasteiger partial charge in [-0.1, -0.05) is 30.3 Å². The first-order valence-corrected chi connectivity index (χ1v) is 9.38. The molecule has 0 saturated carbocycles. The predicted molar refractivity (Wildman–Crippen MR) is 103 cm³/mol. The van der Waals surface area contributed by atoms with Crippen LogP contribution in [0.2, 0.25) is 0 Å². The van der Waals surface area contributed by atoms with Gasteiger partial charge in [-0.05, 0) is 25.3 Å². The molecule has 0 bridgehead atoms. The Kier molecular flexibility index (Phi) is 5.01. The summed E-state index contributed by atoms with van der Waals surface area (Å²) >= 11 is 0. The molecule has 4 rings (SSSR count). The van der Waals surface area contributed by atoms with Gasteiger partial charge in [-0.15, -0.1) is 0 Å². The number of hydrogen-bond acceptors (Lipinski definition) is 5. The average Bonchev–Trinajstić information content (AvgIpc) is 3.09. The monoisotopic (exact) mass is 378 g/mol. The molecule has 8 heteroatoms. The van der Waals surface area contributed by atoms with Crippen molar-refractivity contribution in [1.82, 2.24) is 29.6 Å². The third-order valence-electron chi connectivity index (χ3n) is 5.26. The largest absolute Gasteiger partial charge is 0.343 e. The highest BCUT2D eigenvalue weighted by molar-refractivity contribution is 5.94. The number of carbonyl (C=O) groups is 1. The van der Waals surface area contributed by atoms with E-state index in [0.717, 1.165) is 24.2 Å². The maximum atomic E-state index is 12.7. The molecular formula is C20H22N6O2. The van der Waals surface area contributed by atoms with Crippen LogP contribution in [0.3, 0.4) is 0 Å². The van der Waals surface area contributed by atoms with Crippen LogP contribution in [0.5, 0.6) is 0 Å². The van der Waals surface area contributed by atoms with Gasteiger partial charge in [-0.2, -0.15) is 5.10 Å². The van der Waals surface area contributed by atoms with Crippen molar-refractivity contribution in [2.45, 2.75) is 32.2 Å². The summed E-state index contributed by atoms with van der Waals surface area (Å²) in [7, 11) is 0. The zero-order valence-corrected chi connectivity index (χ0v) is 15.7. The maximum Gasteiger partial charge on any atom is 0.343 e. The molecule has 0 aliphatic carbocycles. The van der Waals surface area contributed by atoms with Crippen LogP contribution >= 0.6 is 0 Å². The van der Waals surface area contributed by atoms with Gasteiger partial charge in [-0.3, -0.25) is 9.36 Å². The molecule has 144 valence electrons. The normalized spacial score (nSPS) is 15.0. The molecule has 1 aliphatic rings. The van der Waals surface area contributed by atoms with Gasteiger partial charge in [0.05, 0.1) is 17.8 Å². The van der Waals surface area contributed by atoms with E-state index >= 15 is 0 Å². The van der Waals surface area contributed by atoms with Crippen LogP contribution in [0.25, 0.3) is 0 Å². The van der Waals surface area contributed by atoms with Crippen molar-refractivity contribution >= 4 is 5.91 Å². The first kappa shape index (κ1) is 18.1. The van der Waals surface area contributed by atoms with E-state index in [2.05, 4.69) is 20.2 Å². The number of likely N-dealkylation sites (tertiary alicyclic amines) is 1. The molecule has 3 aromatic rings. The Morgan fingerprint density at radius 3 is 2.68 bits per heavy atom. The van der Waals surface area contributed by atoms with Crippen molar-refractivity contribution in [2.24, 2.45) is 0 Å². The molecule has 0 spiro atoms. The molecule has 1 fully saturated rings. The number of aromatic amines is 1. The van der Waals surface area contributed by atoms with Crippen molar-refractivity contribution in [2.75, 3.05) is 13.1 Å². The Labute approximate surface area is 162 Å². The summed E-state index contributed by atoms with van der Waals surface area (Å²) in [4.78, 5) is 34.9. The summed E-state index contributed by atoms with van der Waals surface area (Å²) in [6.07, 6.45) is 4.54. The second-order valence-corrected chi connectivity index (χ2v) is 7.05. The standard InChI is InChI=1S/C20H22N6O2/c1-14-17(11-21-13-22-14)19(27)25-9-7-16(8-10-25)18-23-24-20(28)26(18)12-15-5-3-2-4-6-15/h2-6,11,13,16H,7-10,12H2,1H3,(H,24,28). The number of aryl methyl sites for hydroxylation is 1. The lowest BCUT2D eigenvalue weighted by Gasteiger charge is -2.31. The van der Waals surface area contributed by atoms with Gasteiger partial charge in [-0.25, -0.2) is 19.9 Å². The fourth-order valence-electron chi connectivity index (χ4n) is 3.67. The van der Waals surface area contributed by atoms with Gasteiger partial charge < -0.3 is 4.90 Å². The number of H-pyrrole nitrogens is 1.